The number of aryl methyl sites for hydroxylation is 1. The lowest BCUT2D eigenvalue weighted by Crippen LogP contribution is -2.36. The van der Waals surface area contributed by atoms with Gasteiger partial charge in [0.15, 0.2) is 0 Å². The molecule has 0 aliphatic carbocycles. The van der Waals surface area contributed by atoms with Gasteiger partial charge in [0.1, 0.15) is 12.4 Å². The van der Waals surface area contributed by atoms with Crippen molar-refractivity contribution in [3.05, 3.63) is 18.2 Å². The molecular weight excluding hydrogens is 160 g/mol. The summed E-state index contributed by atoms with van der Waals surface area (Å²) in [4.78, 5) is 0. The quantitative estimate of drug-likeness (QED) is 0.630. The first-order chi connectivity index (χ1) is 6.20. The van der Waals surface area contributed by atoms with Crippen LogP contribution in [0.5, 0.6) is 0 Å². The molecular formula is C11H21N2+. The average Bonchev–Trinajstić information content (AvgIpc) is 2.48. The number of aromatic nitrogens is 2. The lowest BCUT2D eigenvalue weighted by Gasteiger charge is -2.05. The smallest absolute Gasteiger partial charge is 0.235 e. The standard InChI is InChI=1S/C11H21N2/c1-5-7-11-12(6-2)8-9-13(11)10(3)4/h8-10H,5-7H2,1-4H3/q+1. The summed E-state index contributed by atoms with van der Waals surface area (Å²) in [5.74, 6) is 1.46. The van der Waals surface area contributed by atoms with Gasteiger partial charge < -0.3 is 0 Å². The van der Waals surface area contributed by atoms with E-state index in [4.69, 9.17) is 0 Å². The van der Waals surface area contributed by atoms with E-state index in [0.717, 1.165) is 6.54 Å². The maximum Gasteiger partial charge on any atom is 0.256 e. The van der Waals surface area contributed by atoms with Crippen LogP contribution in [0.25, 0.3) is 0 Å². The second-order valence-electron chi connectivity index (χ2n) is 3.75. The maximum absolute atomic E-state index is 2.37. The molecule has 13 heavy (non-hydrogen) atoms. The second kappa shape index (κ2) is 4.45. The number of rotatable bonds is 4. The van der Waals surface area contributed by atoms with Crippen LogP contribution in [0.2, 0.25) is 0 Å². The van der Waals surface area contributed by atoms with Crippen molar-refractivity contribution in [2.45, 2.75) is 53.1 Å². The van der Waals surface area contributed by atoms with E-state index in [1.807, 2.05) is 0 Å². The Kier molecular flexibility index (Phi) is 3.52. The largest absolute Gasteiger partial charge is 0.256 e. The molecule has 0 aliphatic heterocycles. The zero-order valence-electron chi connectivity index (χ0n) is 9.25. The molecule has 1 aromatic heterocycles. The first-order valence-electron chi connectivity index (χ1n) is 5.29. The van der Waals surface area contributed by atoms with Crippen LogP contribution in [0, 0.1) is 0 Å². The summed E-state index contributed by atoms with van der Waals surface area (Å²) in [7, 11) is 0. The normalized spacial score (nSPS) is 11.2. The van der Waals surface area contributed by atoms with Gasteiger partial charge in [0, 0.05) is 6.42 Å². The molecule has 1 heterocycles. The summed E-state index contributed by atoms with van der Waals surface area (Å²) < 4.78 is 4.70. The summed E-state index contributed by atoms with van der Waals surface area (Å²) in [6.07, 6.45) is 6.78. The highest BCUT2D eigenvalue weighted by atomic mass is 15.2. The summed E-state index contributed by atoms with van der Waals surface area (Å²) in [6.45, 7) is 9.98. The second-order valence-corrected chi connectivity index (χ2v) is 3.75. The highest BCUT2D eigenvalue weighted by Gasteiger charge is 2.16. The fourth-order valence-corrected chi connectivity index (χ4v) is 1.73. The molecule has 0 fully saturated rings. The molecule has 0 spiro atoms. The van der Waals surface area contributed by atoms with Gasteiger partial charge in [-0.15, -0.1) is 0 Å². The van der Waals surface area contributed by atoms with E-state index in [2.05, 4.69) is 49.2 Å². The third-order valence-corrected chi connectivity index (χ3v) is 2.41. The van der Waals surface area contributed by atoms with Crippen LogP contribution in [0.3, 0.4) is 0 Å². The topological polar surface area (TPSA) is 8.81 Å². The SMILES string of the molecule is CCCc1n(C(C)C)cc[n+]1CC. The van der Waals surface area contributed by atoms with E-state index >= 15 is 0 Å². The first-order valence-corrected chi connectivity index (χ1v) is 5.29. The monoisotopic (exact) mass is 181 g/mol. The maximum atomic E-state index is 2.37. The molecule has 0 N–H and O–H groups in total. The van der Waals surface area contributed by atoms with Crippen LogP contribution in [0.15, 0.2) is 12.4 Å². The van der Waals surface area contributed by atoms with Crippen molar-refractivity contribution >= 4 is 0 Å². The van der Waals surface area contributed by atoms with Gasteiger partial charge in [0.05, 0.1) is 12.6 Å². The lowest BCUT2D eigenvalue weighted by molar-refractivity contribution is -0.700. The Balaban J connectivity index is 2.99. The molecule has 0 amide bonds. The van der Waals surface area contributed by atoms with E-state index in [9.17, 15) is 0 Å². The number of hydrogen-bond acceptors (Lipinski definition) is 0. The van der Waals surface area contributed by atoms with Crippen LogP contribution >= 0.6 is 0 Å². The summed E-state index contributed by atoms with van der Waals surface area (Å²) in [5, 5.41) is 0. The molecule has 2 nitrogen and oxygen atoms in total. The fraction of sp³-hybridized carbons (Fsp3) is 0.727. The Morgan fingerprint density at radius 1 is 1.38 bits per heavy atom. The predicted molar refractivity (Wildman–Crippen MR) is 54.7 cm³/mol. The highest BCUT2D eigenvalue weighted by Crippen LogP contribution is 2.08. The van der Waals surface area contributed by atoms with Crippen LogP contribution in [0.1, 0.15) is 46.0 Å². The molecule has 74 valence electrons. The van der Waals surface area contributed by atoms with Gasteiger partial charge in [-0.05, 0) is 27.2 Å². The minimum absolute atomic E-state index is 0.578. The molecule has 1 aromatic rings. The van der Waals surface area contributed by atoms with Crippen molar-refractivity contribution in [2.75, 3.05) is 0 Å². The third-order valence-electron chi connectivity index (χ3n) is 2.41. The summed E-state index contributed by atoms with van der Waals surface area (Å²) in [6, 6.07) is 0.578. The number of nitrogens with zero attached hydrogens (tertiary/aromatic N) is 2. The van der Waals surface area contributed by atoms with Gasteiger partial charge in [-0.2, -0.15) is 0 Å². The van der Waals surface area contributed by atoms with Crippen molar-refractivity contribution in [1.29, 1.82) is 0 Å². The molecule has 0 aliphatic rings. The summed E-state index contributed by atoms with van der Waals surface area (Å²) >= 11 is 0. The zero-order chi connectivity index (χ0) is 9.84. The van der Waals surface area contributed by atoms with Crippen molar-refractivity contribution in [3.63, 3.8) is 0 Å². The van der Waals surface area contributed by atoms with Crippen LogP contribution in [0.4, 0.5) is 0 Å². The van der Waals surface area contributed by atoms with E-state index < -0.39 is 0 Å². The molecule has 0 saturated carbocycles. The lowest BCUT2D eigenvalue weighted by atomic mass is 10.3. The van der Waals surface area contributed by atoms with Crippen molar-refractivity contribution in [3.8, 4) is 0 Å². The van der Waals surface area contributed by atoms with Gasteiger partial charge in [-0.25, -0.2) is 9.13 Å². The fourth-order valence-electron chi connectivity index (χ4n) is 1.73. The van der Waals surface area contributed by atoms with Crippen molar-refractivity contribution < 1.29 is 4.57 Å². The molecule has 0 atom stereocenters. The molecule has 0 aromatic carbocycles. The van der Waals surface area contributed by atoms with Crippen molar-refractivity contribution in [2.24, 2.45) is 0 Å². The van der Waals surface area contributed by atoms with Gasteiger partial charge >= 0.3 is 0 Å². The Morgan fingerprint density at radius 3 is 2.54 bits per heavy atom. The van der Waals surface area contributed by atoms with Crippen LogP contribution < -0.4 is 4.57 Å². The third kappa shape index (κ3) is 2.11. The number of imidazole rings is 1. The van der Waals surface area contributed by atoms with Gasteiger partial charge in [0.2, 0.25) is 0 Å². The van der Waals surface area contributed by atoms with E-state index in [-0.39, 0.29) is 0 Å². The molecule has 2 heteroatoms. The average molecular weight is 181 g/mol. The van der Waals surface area contributed by atoms with Crippen LogP contribution in [-0.2, 0) is 13.0 Å². The molecule has 0 unspecified atom stereocenters. The molecule has 0 radical (unpaired) electrons. The Hall–Kier alpha value is -0.790. The van der Waals surface area contributed by atoms with Crippen LogP contribution in [-0.4, -0.2) is 4.57 Å². The Morgan fingerprint density at radius 2 is 2.08 bits per heavy atom. The molecule has 0 bridgehead atoms. The van der Waals surface area contributed by atoms with Crippen molar-refractivity contribution in [1.82, 2.24) is 4.57 Å². The minimum Gasteiger partial charge on any atom is -0.235 e. The Labute approximate surface area is 81.2 Å². The van der Waals surface area contributed by atoms with Gasteiger partial charge in [0.25, 0.3) is 5.82 Å². The Bertz CT molecular complexity index is 261. The summed E-state index contributed by atoms with van der Waals surface area (Å²) in [5.41, 5.74) is 0. The van der Waals surface area contributed by atoms with Gasteiger partial charge in [-0.3, -0.25) is 0 Å². The van der Waals surface area contributed by atoms with E-state index in [0.29, 0.717) is 6.04 Å². The zero-order valence-corrected chi connectivity index (χ0v) is 9.25. The number of hydrogen-bond donors (Lipinski definition) is 0. The predicted octanol–water partition coefficient (Wildman–Crippen LogP) is 2.33. The molecule has 0 saturated heterocycles. The first kappa shape index (κ1) is 10.3. The van der Waals surface area contributed by atoms with Gasteiger partial charge in [-0.1, -0.05) is 6.92 Å². The van der Waals surface area contributed by atoms with E-state index in [1.165, 1.54) is 18.7 Å². The molecule has 1 rings (SSSR count). The minimum atomic E-state index is 0.578. The van der Waals surface area contributed by atoms with E-state index in [1.54, 1.807) is 0 Å². The highest BCUT2D eigenvalue weighted by molar-refractivity contribution is 4.86.